The van der Waals surface area contributed by atoms with E-state index in [1.165, 1.54) is 0 Å². The van der Waals surface area contributed by atoms with Crippen molar-refractivity contribution >= 4 is 10.9 Å². The van der Waals surface area contributed by atoms with E-state index < -0.39 is 0 Å². The first-order valence-electron chi connectivity index (χ1n) is 8.11. The molecule has 0 radical (unpaired) electrons. The SMILES string of the molecule is COc1ccc2ncn([C@H](C)[C@H]3COc4ccccc4O3)c(=O)c2c1. The van der Waals surface area contributed by atoms with Crippen LogP contribution in [-0.2, 0) is 0 Å². The van der Waals surface area contributed by atoms with Crippen molar-refractivity contribution in [1.29, 1.82) is 0 Å². The summed E-state index contributed by atoms with van der Waals surface area (Å²) in [7, 11) is 1.57. The Labute approximate surface area is 144 Å². The van der Waals surface area contributed by atoms with Gasteiger partial charge in [0.15, 0.2) is 17.6 Å². The molecule has 1 aliphatic rings. The van der Waals surface area contributed by atoms with Crippen LogP contribution in [0.4, 0.5) is 0 Å². The van der Waals surface area contributed by atoms with E-state index >= 15 is 0 Å². The van der Waals surface area contributed by atoms with E-state index in [4.69, 9.17) is 14.2 Å². The van der Waals surface area contributed by atoms with Crippen molar-refractivity contribution < 1.29 is 14.2 Å². The Morgan fingerprint density at radius 2 is 2.04 bits per heavy atom. The molecule has 0 amide bonds. The predicted octanol–water partition coefficient (Wildman–Crippen LogP) is 2.81. The fourth-order valence-electron chi connectivity index (χ4n) is 2.98. The lowest BCUT2D eigenvalue weighted by molar-refractivity contribution is 0.0559. The Morgan fingerprint density at radius 3 is 2.84 bits per heavy atom. The van der Waals surface area contributed by atoms with Crippen LogP contribution in [0.3, 0.4) is 0 Å². The molecule has 0 aliphatic carbocycles. The van der Waals surface area contributed by atoms with Gasteiger partial charge in [-0.2, -0.15) is 0 Å². The van der Waals surface area contributed by atoms with Gasteiger partial charge in [-0.1, -0.05) is 12.1 Å². The Bertz CT molecular complexity index is 983. The molecule has 0 unspecified atom stereocenters. The zero-order valence-corrected chi connectivity index (χ0v) is 14.0. The van der Waals surface area contributed by atoms with Crippen molar-refractivity contribution in [3.63, 3.8) is 0 Å². The molecule has 6 nitrogen and oxygen atoms in total. The highest BCUT2D eigenvalue weighted by molar-refractivity contribution is 5.78. The largest absolute Gasteiger partial charge is 0.497 e. The van der Waals surface area contributed by atoms with E-state index in [1.54, 1.807) is 36.2 Å². The van der Waals surface area contributed by atoms with Gasteiger partial charge < -0.3 is 14.2 Å². The third-order valence-corrected chi connectivity index (χ3v) is 4.50. The number of para-hydroxylation sites is 2. The van der Waals surface area contributed by atoms with Crippen molar-refractivity contribution in [1.82, 2.24) is 9.55 Å². The van der Waals surface area contributed by atoms with E-state index in [0.29, 0.717) is 29.0 Å². The first-order chi connectivity index (χ1) is 12.2. The van der Waals surface area contributed by atoms with Crippen LogP contribution in [0, 0.1) is 0 Å². The van der Waals surface area contributed by atoms with Crippen LogP contribution in [-0.4, -0.2) is 29.4 Å². The van der Waals surface area contributed by atoms with Crippen molar-refractivity contribution in [2.45, 2.75) is 19.1 Å². The second-order valence-corrected chi connectivity index (χ2v) is 5.99. The van der Waals surface area contributed by atoms with Gasteiger partial charge in [0.25, 0.3) is 5.56 Å². The molecule has 3 aromatic rings. The number of benzene rings is 2. The normalized spacial score (nSPS) is 17.3. The molecule has 0 spiro atoms. The molecule has 0 bridgehead atoms. The minimum atomic E-state index is -0.280. The van der Waals surface area contributed by atoms with Crippen molar-refractivity contribution in [3.8, 4) is 17.2 Å². The van der Waals surface area contributed by atoms with E-state index in [0.717, 1.165) is 5.75 Å². The molecule has 1 aromatic heterocycles. The van der Waals surface area contributed by atoms with Crippen molar-refractivity contribution in [2.75, 3.05) is 13.7 Å². The van der Waals surface area contributed by atoms with Gasteiger partial charge >= 0.3 is 0 Å². The highest BCUT2D eigenvalue weighted by Gasteiger charge is 2.28. The molecule has 1 aliphatic heterocycles. The summed E-state index contributed by atoms with van der Waals surface area (Å²) in [6.07, 6.45) is 1.28. The first-order valence-corrected chi connectivity index (χ1v) is 8.11. The fourth-order valence-corrected chi connectivity index (χ4v) is 2.98. The highest BCUT2D eigenvalue weighted by atomic mass is 16.6. The number of aromatic nitrogens is 2. The predicted molar refractivity (Wildman–Crippen MR) is 93.6 cm³/mol. The van der Waals surface area contributed by atoms with Gasteiger partial charge in [0, 0.05) is 0 Å². The maximum atomic E-state index is 12.9. The molecule has 6 heteroatoms. The number of hydrogen-bond donors (Lipinski definition) is 0. The van der Waals surface area contributed by atoms with E-state index in [1.807, 2.05) is 31.2 Å². The van der Waals surface area contributed by atoms with Gasteiger partial charge in [0.2, 0.25) is 0 Å². The summed E-state index contributed by atoms with van der Waals surface area (Å²) in [6, 6.07) is 12.6. The molecular weight excluding hydrogens is 320 g/mol. The monoisotopic (exact) mass is 338 g/mol. The molecular formula is C19H18N2O4. The van der Waals surface area contributed by atoms with Crippen molar-refractivity contribution in [2.24, 2.45) is 0 Å². The van der Waals surface area contributed by atoms with Crippen LogP contribution >= 0.6 is 0 Å². The lowest BCUT2D eigenvalue weighted by Crippen LogP contribution is -2.39. The molecule has 0 saturated heterocycles. The second-order valence-electron chi connectivity index (χ2n) is 5.99. The molecule has 2 heterocycles. The number of methoxy groups -OCH3 is 1. The number of rotatable bonds is 3. The Morgan fingerprint density at radius 1 is 1.24 bits per heavy atom. The van der Waals surface area contributed by atoms with Crippen LogP contribution in [0.1, 0.15) is 13.0 Å². The van der Waals surface area contributed by atoms with Gasteiger partial charge in [-0.25, -0.2) is 4.98 Å². The molecule has 2 atom stereocenters. The molecule has 0 N–H and O–H groups in total. The summed E-state index contributed by atoms with van der Waals surface area (Å²) in [4.78, 5) is 17.3. The molecule has 0 saturated carbocycles. The third kappa shape index (κ3) is 2.69. The summed E-state index contributed by atoms with van der Waals surface area (Å²) in [5.41, 5.74) is 0.513. The van der Waals surface area contributed by atoms with E-state index in [2.05, 4.69) is 4.98 Å². The van der Waals surface area contributed by atoms with Gasteiger partial charge in [0.1, 0.15) is 12.4 Å². The molecule has 0 fully saturated rings. The summed E-state index contributed by atoms with van der Waals surface area (Å²) in [5, 5.41) is 0.519. The number of fused-ring (bicyclic) bond motifs is 2. The number of ether oxygens (including phenoxy) is 3. The van der Waals surface area contributed by atoms with E-state index in [-0.39, 0.29) is 17.7 Å². The van der Waals surface area contributed by atoms with Gasteiger partial charge in [-0.15, -0.1) is 0 Å². The maximum Gasteiger partial charge on any atom is 0.261 e. The van der Waals surface area contributed by atoms with Crippen LogP contribution < -0.4 is 19.8 Å². The molecule has 25 heavy (non-hydrogen) atoms. The Kier molecular flexibility index (Phi) is 3.80. The second kappa shape index (κ2) is 6.12. The van der Waals surface area contributed by atoms with E-state index in [9.17, 15) is 4.79 Å². The molecule has 4 rings (SSSR count). The fraction of sp³-hybridized carbons (Fsp3) is 0.263. The third-order valence-electron chi connectivity index (χ3n) is 4.50. The average molecular weight is 338 g/mol. The van der Waals surface area contributed by atoms with Gasteiger partial charge in [-0.3, -0.25) is 9.36 Å². The smallest absolute Gasteiger partial charge is 0.261 e. The topological polar surface area (TPSA) is 62.6 Å². The summed E-state index contributed by atoms with van der Waals surface area (Å²) in [6.45, 7) is 2.30. The Hall–Kier alpha value is -3.02. The lowest BCUT2D eigenvalue weighted by atomic mass is 10.1. The van der Waals surface area contributed by atoms with Gasteiger partial charge in [0.05, 0.1) is 30.4 Å². The highest BCUT2D eigenvalue weighted by Crippen LogP contribution is 2.33. The van der Waals surface area contributed by atoms with Crippen LogP contribution in [0.25, 0.3) is 10.9 Å². The zero-order valence-electron chi connectivity index (χ0n) is 14.0. The standard InChI is InChI=1S/C19H18N2O4/c1-12(18-10-24-16-5-3-4-6-17(16)25-18)21-11-20-15-8-7-13(23-2)9-14(15)19(21)22/h3-9,11-12,18H,10H2,1-2H3/t12-,18-/m1/s1. The zero-order chi connectivity index (χ0) is 17.4. The quantitative estimate of drug-likeness (QED) is 0.735. The Balaban J connectivity index is 1.70. The molecule has 128 valence electrons. The molecule has 2 aromatic carbocycles. The minimum Gasteiger partial charge on any atom is -0.497 e. The van der Waals surface area contributed by atoms with Crippen LogP contribution in [0.2, 0.25) is 0 Å². The summed E-state index contributed by atoms with van der Waals surface area (Å²) < 4.78 is 18.6. The lowest BCUT2D eigenvalue weighted by Gasteiger charge is -2.31. The van der Waals surface area contributed by atoms with Gasteiger partial charge in [-0.05, 0) is 37.3 Å². The van der Waals surface area contributed by atoms with Crippen molar-refractivity contribution in [3.05, 3.63) is 59.1 Å². The summed E-state index contributed by atoms with van der Waals surface area (Å²) >= 11 is 0. The number of nitrogens with zero attached hydrogens (tertiary/aromatic N) is 2. The minimum absolute atomic E-state index is 0.126. The number of hydrogen-bond acceptors (Lipinski definition) is 5. The van der Waals surface area contributed by atoms with Crippen LogP contribution in [0.15, 0.2) is 53.6 Å². The first kappa shape index (κ1) is 15.5. The van der Waals surface area contributed by atoms with Crippen LogP contribution in [0.5, 0.6) is 17.2 Å². The average Bonchev–Trinajstić information content (AvgIpc) is 2.67. The maximum absolute atomic E-state index is 12.9. The summed E-state index contributed by atoms with van der Waals surface area (Å²) in [5.74, 6) is 2.04.